The molecule has 6 nitrogen and oxygen atoms in total. The Kier molecular flexibility index (Phi) is 5.91. The van der Waals surface area contributed by atoms with E-state index in [4.69, 9.17) is 0 Å². The van der Waals surface area contributed by atoms with Crippen molar-refractivity contribution < 1.29 is 14.7 Å². The normalized spacial score (nSPS) is 19.0. The lowest BCUT2D eigenvalue weighted by Crippen LogP contribution is -2.50. The Hall–Kier alpha value is -2.08. The van der Waals surface area contributed by atoms with E-state index in [0.717, 1.165) is 19.5 Å². The Bertz CT molecular complexity index is 606. The second-order valence-electron chi connectivity index (χ2n) is 6.96. The molecule has 6 heteroatoms. The highest BCUT2D eigenvalue weighted by molar-refractivity contribution is 5.94. The summed E-state index contributed by atoms with van der Waals surface area (Å²) in [5.74, 6) is 0.886. The van der Waals surface area contributed by atoms with Gasteiger partial charge in [-0.05, 0) is 56.5 Å². The van der Waals surface area contributed by atoms with Crippen LogP contribution in [0.3, 0.4) is 0 Å². The Labute approximate surface area is 148 Å². The first-order chi connectivity index (χ1) is 12.1. The van der Waals surface area contributed by atoms with Gasteiger partial charge in [-0.1, -0.05) is 6.07 Å². The number of piperazine rings is 1. The minimum Gasteiger partial charge on any atom is -0.508 e. The maximum atomic E-state index is 12.5. The number of hydrogen-bond acceptors (Lipinski definition) is 4. The number of phenolic OH excluding ortho intramolecular Hbond substituents is 1. The summed E-state index contributed by atoms with van der Waals surface area (Å²) in [6, 6.07) is 6.41. The molecule has 2 heterocycles. The highest BCUT2D eigenvalue weighted by Gasteiger charge is 2.25. The predicted octanol–water partition coefficient (Wildman–Crippen LogP) is 1.46. The fourth-order valence-electron chi connectivity index (χ4n) is 3.64. The van der Waals surface area contributed by atoms with E-state index < -0.39 is 0 Å². The first kappa shape index (κ1) is 17.7. The molecule has 0 saturated carbocycles. The monoisotopic (exact) mass is 345 g/mol. The number of carbonyl (C=O) groups excluding carboxylic acids is 2. The third-order valence-electron chi connectivity index (χ3n) is 5.24. The summed E-state index contributed by atoms with van der Waals surface area (Å²) >= 11 is 0. The standard InChI is InChI=1S/C19H27N3O3/c23-17-3-1-2-16(14-17)19(25)22-12-10-21(11-13-22)18(24)5-4-15-6-8-20-9-7-15/h1-3,14-15,20,23H,4-13H2. The van der Waals surface area contributed by atoms with E-state index in [-0.39, 0.29) is 17.6 Å². The molecule has 3 rings (SSSR count). The molecule has 0 spiro atoms. The summed E-state index contributed by atoms with van der Waals surface area (Å²) in [4.78, 5) is 28.5. The largest absolute Gasteiger partial charge is 0.508 e. The van der Waals surface area contributed by atoms with E-state index >= 15 is 0 Å². The molecule has 2 N–H and O–H groups in total. The second-order valence-corrected chi connectivity index (χ2v) is 6.96. The van der Waals surface area contributed by atoms with Crippen molar-refractivity contribution in [3.05, 3.63) is 29.8 Å². The number of nitrogens with one attached hydrogen (secondary N) is 1. The van der Waals surface area contributed by atoms with Crippen LogP contribution in [0.25, 0.3) is 0 Å². The molecule has 0 radical (unpaired) electrons. The third-order valence-corrected chi connectivity index (χ3v) is 5.24. The zero-order valence-corrected chi connectivity index (χ0v) is 14.6. The van der Waals surface area contributed by atoms with E-state index in [0.29, 0.717) is 44.1 Å². The van der Waals surface area contributed by atoms with Crippen LogP contribution in [-0.2, 0) is 4.79 Å². The van der Waals surface area contributed by atoms with Gasteiger partial charge in [-0.3, -0.25) is 9.59 Å². The fourth-order valence-corrected chi connectivity index (χ4v) is 3.64. The predicted molar refractivity (Wildman–Crippen MR) is 95.4 cm³/mol. The quantitative estimate of drug-likeness (QED) is 0.866. The van der Waals surface area contributed by atoms with Crippen LogP contribution < -0.4 is 5.32 Å². The highest BCUT2D eigenvalue weighted by Crippen LogP contribution is 2.19. The summed E-state index contributed by atoms with van der Waals surface area (Å²) in [6.45, 7) is 4.41. The van der Waals surface area contributed by atoms with E-state index in [1.807, 2.05) is 4.90 Å². The zero-order chi connectivity index (χ0) is 17.6. The van der Waals surface area contributed by atoms with Crippen molar-refractivity contribution in [1.29, 1.82) is 0 Å². The Morgan fingerprint density at radius 3 is 2.44 bits per heavy atom. The van der Waals surface area contributed by atoms with E-state index in [2.05, 4.69) is 5.32 Å². The van der Waals surface area contributed by atoms with E-state index in [1.165, 1.54) is 18.9 Å². The molecule has 0 aliphatic carbocycles. The average Bonchev–Trinajstić information content (AvgIpc) is 2.66. The lowest BCUT2D eigenvalue weighted by Gasteiger charge is -2.35. The van der Waals surface area contributed by atoms with Gasteiger partial charge in [0.05, 0.1) is 0 Å². The minimum atomic E-state index is -0.0855. The molecule has 136 valence electrons. The number of benzene rings is 1. The van der Waals surface area contributed by atoms with Crippen molar-refractivity contribution in [3.63, 3.8) is 0 Å². The van der Waals surface area contributed by atoms with Crippen molar-refractivity contribution >= 4 is 11.8 Å². The molecular weight excluding hydrogens is 318 g/mol. The number of rotatable bonds is 4. The molecule has 2 saturated heterocycles. The zero-order valence-electron chi connectivity index (χ0n) is 14.6. The first-order valence-electron chi connectivity index (χ1n) is 9.20. The van der Waals surface area contributed by atoms with Gasteiger partial charge in [-0.15, -0.1) is 0 Å². The summed E-state index contributed by atoms with van der Waals surface area (Å²) < 4.78 is 0. The van der Waals surface area contributed by atoms with Crippen LogP contribution in [0.15, 0.2) is 24.3 Å². The van der Waals surface area contributed by atoms with Crippen molar-refractivity contribution in [2.24, 2.45) is 5.92 Å². The molecule has 2 aliphatic rings. The summed E-state index contributed by atoms with van der Waals surface area (Å²) in [7, 11) is 0. The number of phenols is 1. The van der Waals surface area contributed by atoms with Crippen LogP contribution in [0.2, 0.25) is 0 Å². The van der Waals surface area contributed by atoms with Crippen molar-refractivity contribution in [3.8, 4) is 5.75 Å². The minimum absolute atomic E-state index is 0.0855. The van der Waals surface area contributed by atoms with Crippen molar-refractivity contribution in [2.45, 2.75) is 25.7 Å². The van der Waals surface area contributed by atoms with Gasteiger partial charge in [0.2, 0.25) is 5.91 Å². The van der Waals surface area contributed by atoms with Crippen LogP contribution in [0, 0.1) is 5.92 Å². The molecule has 2 amide bonds. The highest BCUT2D eigenvalue weighted by atomic mass is 16.3. The smallest absolute Gasteiger partial charge is 0.254 e. The van der Waals surface area contributed by atoms with Crippen LogP contribution in [0.4, 0.5) is 0 Å². The van der Waals surface area contributed by atoms with E-state index in [9.17, 15) is 14.7 Å². The molecule has 1 aromatic carbocycles. The lowest BCUT2D eigenvalue weighted by atomic mass is 9.93. The molecule has 25 heavy (non-hydrogen) atoms. The third kappa shape index (κ3) is 4.72. The average molecular weight is 345 g/mol. The Morgan fingerprint density at radius 2 is 1.76 bits per heavy atom. The molecule has 1 aromatic rings. The van der Waals surface area contributed by atoms with Gasteiger partial charge in [-0.25, -0.2) is 0 Å². The topological polar surface area (TPSA) is 72.9 Å². The Balaban J connectivity index is 1.44. The number of piperidine rings is 1. The lowest BCUT2D eigenvalue weighted by molar-refractivity contribution is -0.133. The van der Waals surface area contributed by atoms with Crippen LogP contribution >= 0.6 is 0 Å². The molecule has 2 fully saturated rings. The summed E-state index contributed by atoms with van der Waals surface area (Å²) in [5, 5.41) is 12.9. The van der Waals surface area contributed by atoms with Crippen LogP contribution in [0.5, 0.6) is 5.75 Å². The molecular formula is C19H27N3O3. The van der Waals surface area contributed by atoms with Gasteiger partial charge >= 0.3 is 0 Å². The number of aromatic hydroxyl groups is 1. The maximum absolute atomic E-state index is 12.5. The molecule has 0 aromatic heterocycles. The summed E-state index contributed by atoms with van der Waals surface area (Å²) in [5.41, 5.74) is 0.491. The number of carbonyl (C=O) groups is 2. The molecule has 2 aliphatic heterocycles. The van der Waals surface area contributed by atoms with Gasteiger partial charge in [0.15, 0.2) is 0 Å². The van der Waals surface area contributed by atoms with Crippen LogP contribution in [0.1, 0.15) is 36.0 Å². The van der Waals surface area contributed by atoms with Crippen molar-refractivity contribution in [2.75, 3.05) is 39.3 Å². The maximum Gasteiger partial charge on any atom is 0.254 e. The van der Waals surface area contributed by atoms with Gasteiger partial charge in [-0.2, -0.15) is 0 Å². The van der Waals surface area contributed by atoms with Gasteiger partial charge in [0, 0.05) is 38.2 Å². The van der Waals surface area contributed by atoms with Gasteiger partial charge < -0.3 is 20.2 Å². The molecule has 0 bridgehead atoms. The molecule has 0 atom stereocenters. The first-order valence-corrected chi connectivity index (χ1v) is 9.20. The fraction of sp³-hybridized carbons (Fsp3) is 0.579. The SMILES string of the molecule is O=C(CCC1CCNCC1)N1CCN(C(=O)c2cccc(O)c2)CC1. The summed E-state index contributed by atoms with van der Waals surface area (Å²) in [6.07, 6.45) is 3.92. The van der Waals surface area contributed by atoms with Gasteiger partial charge in [0.1, 0.15) is 5.75 Å². The number of amides is 2. The van der Waals surface area contributed by atoms with Gasteiger partial charge in [0.25, 0.3) is 5.91 Å². The number of hydrogen-bond donors (Lipinski definition) is 2. The van der Waals surface area contributed by atoms with Crippen LogP contribution in [-0.4, -0.2) is 66.0 Å². The number of nitrogens with zero attached hydrogens (tertiary/aromatic N) is 2. The van der Waals surface area contributed by atoms with E-state index in [1.54, 1.807) is 23.1 Å². The van der Waals surface area contributed by atoms with Crippen molar-refractivity contribution in [1.82, 2.24) is 15.1 Å². The molecule has 0 unspecified atom stereocenters. The second kappa shape index (κ2) is 8.34. The Morgan fingerprint density at radius 1 is 1.08 bits per heavy atom.